The SMILES string of the molecule is CN(NCCC(F)(F)F)C(=O)c1cc(NC(=O)C2C(c3cc(Cl)cc(Cl)c3)C2(Cl)Cl)ccc1Cl. The van der Waals surface area contributed by atoms with Crippen LogP contribution in [0.15, 0.2) is 36.4 Å². The van der Waals surface area contributed by atoms with Crippen LogP contribution in [0.25, 0.3) is 0 Å². The number of nitrogens with zero attached hydrogens (tertiary/aromatic N) is 1. The highest BCUT2D eigenvalue weighted by Crippen LogP contribution is 2.65. The summed E-state index contributed by atoms with van der Waals surface area (Å²) >= 11 is 30.9. The predicted octanol–water partition coefficient (Wildman–Crippen LogP) is 6.70. The van der Waals surface area contributed by atoms with Crippen molar-refractivity contribution in [3.05, 3.63) is 62.6 Å². The Kier molecular flexibility index (Phi) is 8.22. The van der Waals surface area contributed by atoms with Crippen molar-refractivity contribution in [3.63, 3.8) is 0 Å². The molecule has 1 fully saturated rings. The minimum absolute atomic E-state index is 0.0292. The van der Waals surface area contributed by atoms with E-state index in [0.29, 0.717) is 15.6 Å². The Morgan fingerprint density at radius 3 is 2.26 bits per heavy atom. The van der Waals surface area contributed by atoms with Crippen LogP contribution in [0.3, 0.4) is 0 Å². The lowest BCUT2D eigenvalue weighted by Crippen LogP contribution is -2.41. The van der Waals surface area contributed by atoms with Gasteiger partial charge in [-0.3, -0.25) is 14.6 Å². The van der Waals surface area contributed by atoms with Gasteiger partial charge in [-0.25, -0.2) is 5.43 Å². The lowest BCUT2D eigenvalue weighted by molar-refractivity contribution is -0.134. The molecule has 13 heteroatoms. The molecule has 2 aromatic carbocycles. The van der Waals surface area contributed by atoms with E-state index in [1.54, 1.807) is 12.1 Å². The number of carbonyl (C=O) groups excluding carboxylic acids is 2. The van der Waals surface area contributed by atoms with Crippen LogP contribution >= 0.6 is 58.0 Å². The summed E-state index contributed by atoms with van der Waals surface area (Å²) < 4.78 is 35.6. The van der Waals surface area contributed by atoms with E-state index in [2.05, 4.69) is 10.7 Å². The normalized spacial score (nSPS) is 19.0. The molecule has 1 aliphatic carbocycles. The van der Waals surface area contributed by atoms with Gasteiger partial charge in [-0.1, -0.05) is 34.8 Å². The Bertz CT molecular complexity index is 1090. The molecule has 0 aromatic heterocycles. The molecule has 0 heterocycles. The molecule has 2 amide bonds. The van der Waals surface area contributed by atoms with E-state index in [1.807, 2.05) is 0 Å². The summed E-state index contributed by atoms with van der Waals surface area (Å²) in [6.45, 7) is -0.496. The van der Waals surface area contributed by atoms with Crippen molar-refractivity contribution >= 4 is 75.5 Å². The summed E-state index contributed by atoms with van der Waals surface area (Å²) in [5, 5.41) is 4.32. The minimum atomic E-state index is -4.37. The molecule has 0 spiro atoms. The summed E-state index contributed by atoms with van der Waals surface area (Å²) in [6.07, 6.45) is -5.48. The second-order valence-electron chi connectivity index (χ2n) is 7.65. The molecule has 2 unspecified atom stereocenters. The number of rotatable bonds is 7. The minimum Gasteiger partial charge on any atom is -0.326 e. The first-order chi connectivity index (χ1) is 15.7. The summed E-state index contributed by atoms with van der Waals surface area (Å²) in [4.78, 5) is 25.5. The molecule has 2 aromatic rings. The summed E-state index contributed by atoms with van der Waals surface area (Å²) in [5.74, 6) is -2.59. The summed E-state index contributed by atoms with van der Waals surface area (Å²) in [5.41, 5.74) is 3.15. The van der Waals surface area contributed by atoms with Gasteiger partial charge in [-0.2, -0.15) is 13.2 Å². The lowest BCUT2D eigenvalue weighted by Gasteiger charge is -2.20. The van der Waals surface area contributed by atoms with Crippen molar-refractivity contribution in [1.82, 2.24) is 10.4 Å². The van der Waals surface area contributed by atoms with Crippen molar-refractivity contribution in [2.45, 2.75) is 22.8 Å². The molecular formula is C21H17Cl5F3N3O2. The van der Waals surface area contributed by atoms with Crippen LogP contribution in [0.4, 0.5) is 18.9 Å². The fourth-order valence-corrected chi connectivity index (χ4v) is 5.00. The van der Waals surface area contributed by atoms with Crippen molar-refractivity contribution in [2.75, 3.05) is 18.9 Å². The van der Waals surface area contributed by atoms with Crippen LogP contribution in [0, 0.1) is 5.92 Å². The van der Waals surface area contributed by atoms with E-state index in [0.717, 1.165) is 5.01 Å². The number of benzene rings is 2. The van der Waals surface area contributed by atoms with E-state index in [1.165, 1.54) is 31.3 Å². The highest BCUT2D eigenvalue weighted by Gasteiger charge is 2.67. The smallest absolute Gasteiger partial charge is 0.326 e. The maximum Gasteiger partial charge on any atom is 0.390 e. The molecule has 3 rings (SSSR count). The molecule has 0 radical (unpaired) electrons. The van der Waals surface area contributed by atoms with Gasteiger partial charge >= 0.3 is 6.18 Å². The molecule has 2 atom stereocenters. The van der Waals surface area contributed by atoms with Gasteiger partial charge in [0.2, 0.25) is 5.91 Å². The second kappa shape index (κ2) is 10.3. The van der Waals surface area contributed by atoms with Gasteiger partial charge in [0, 0.05) is 35.2 Å². The Morgan fingerprint density at radius 1 is 1.06 bits per heavy atom. The highest BCUT2D eigenvalue weighted by molar-refractivity contribution is 6.53. The van der Waals surface area contributed by atoms with Crippen LogP contribution in [0.1, 0.15) is 28.3 Å². The topological polar surface area (TPSA) is 61.4 Å². The number of amides is 2. The number of hydrogen-bond acceptors (Lipinski definition) is 3. The van der Waals surface area contributed by atoms with Crippen molar-refractivity contribution in [2.24, 2.45) is 5.92 Å². The summed E-state index contributed by atoms with van der Waals surface area (Å²) in [6, 6.07) is 8.92. The third-order valence-electron chi connectivity index (χ3n) is 5.11. The van der Waals surface area contributed by atoms with E-state index in [-0.39, 0.29) is 16.3 Å². The van der Waals surface area contributed by atoms with Gasteiger partial charge in [0.05, 0.1) is 22.9 Å². The van der Waals surface area contributed by atoms with Crippen molar-refractivity contribution in [3.8, 4) is 0 Å². The Hall–Kier alpha value is -1.42. The van der Waals surface area contributed by atoms with Crippen molar-refractivity contribution < 1.29 is 22.8 Å². The first kappa shape index (κ1) is 27.2. The van der Waals surface area contributed by atoms with Crippen LogP contribution < -0.4 is 10.7 Å². The number of anilines is 1. The third-order valence-corrected chi connectivity index (χ3v) is 6.81. The van der Waals surface area contributed by atoms with E-state index in [9.17, 15) is 22.8 Å². The number of nitrogens with one attached hydrogen (secondary N) is 2. The maximum absolute atomic E-state index is 12.9. The molecule has 5 nitrogen and oxygen atoms in total. The molecule has 184 valence electrons. The Labute approximate surface area is 218 Å². The monoisotopic (exact) mass is 575 g/mol. The molecule has 2 N–H and O–H groups in total. The molecule has 0 bridgehead atoms. The van der Waals surface area contributed by atoms with E-state index >= 15 is 0 Å². The second-order valence-corrected chi connectivity index (χ2v) is 10.4. The standard InChI is InChI=1S/C21H17Cl5F3N3O2/c1-32(30-5-4-20(27,28)29)19(34)14-9-13(2-3-15(14)24)31-18(33)17-16(21(17,25)26)10-6-11(22)8-12(23)7-10/h2-3,6-9,16-17,30H,4-5H2,1H3,(H,31,33). The van der Waals surface area contributed by atoms with Gasteiger partial charge in [-0.05, 0) is 42.0 Å². The fraction of sp³-hybridized carbons (Fsp3) is 0.333. The number of hydrazine groups is 1. The van der Waals surface area contributed by atoms with E-state index < -0.39 is 47.1 Å². The van der Waals surface area contributed by atoms with Crippen LogP contribution in [0.5, 0.6) is 0 Å². The van der Waals surface area contributed by atoms with Gasteiger partial charge in [0.25, 0.3) is 5.91 Å². The zero-order valence-corrected chi connectivity index (χ0v) is 21.1. The number of hydrogen-bond donors (Lipinski definition) is 2. The van der Waals surface area contributed by atoms with Crippen LogP contribution in [-0.2, 0) is 4.79 Å². The Balaban J connectivity index is 1.71. The van der Waals surface area contributed by atoms with Gasteiger partial charge < -0.3 is 5.32 Å². The molecule has 1 aliphatic rings. The largest absolute Gasteiger partial charge is 0.390 e. The van der Waals surface area contributed by atoms with E-state index in [4.69, 9.17) is 58.0 Å². The molecule has 34 heavy (non-hydrogen) atoms. The van der Waals surface area contributed by atoms with Gasteiger partial charge in [-0.15, -0.1) is 23.2 Å². The fourth-order valence-electron chi connectivity index (χ4n) is 3.43. The quantitative estimate of drug-likeness (QED) is 0.284. The average molecular weight is 578 g/mol. The van der Waals surface area contributed by atoms with Gasteiger partial charge in [0.15, 0.2) is 0 Å². The molecule has 1 saturated carbocycles. The Morgan fingerprint density at radius 2 is 1.68 bits per heavy atom. The highest BCUT2D eigenvalue weighted by atomic mass is 35.5. The molecular weight excluding hydrogens is 561 g/mol. The lowest BCUT2D eigenvalue weighted by atomic mass is 10.1. The van der Waals surface area contributed by atoms with Crippen LogP contribution in [0.2, 0.25) is 15.1 Å². The van der Waals surface area contributed by atoms with Crippen molar-refractivity contribution in [1.29, 1.82) is 0 Å². The first-order valence-electron chi connectivity index (χ1n) is 9.73. The first-order valence-corrected chi connectivity index (χ1v) is 11.6. The number of carbonyl (C=O) groups is 2. The molecule has 0 saturated heterocycles. The molecule has 0 aliphatic heterocycles. The summed E-state index contributed by atoms with van der Waals surface area (Å²) in [7, 11) is 1.26. The van der Waals surface area contributed by atoms with Crippen LogP contribution in [-0.4, -0.2) is 40.9 Å². The van der Waals surface area contributed by atoms with Gasteiger partial charge in [0.1, 0.15) is 4.33 Å². The number of alkyl halides is 5. The third kappa shape index (κ3) is 6.42. The number of halogens is 8. The zero-order valence-electron chi connectivity index (χ0n) is 17.3. The maximum atomic E-state index is 12.9. The zero-order chi connectivity index (χ0) is 25.4. The average Bonchev–Trinajstić information content (AvgIpc) is 3.29. The predicted molar refractivity (Wildman–Crippen MR) is 128 cm³/mol.